The van der Waals surface area contributed by atoms with E-state index in [1.807, 2.05) is 12.1 Å². The Labute approximate surface area is 261 Å². The van der Waals surface area contributed by atoms with E-state index in [1.54, 1.807) is 12.1 Å². The van der Waals surface area contributed by atoms with Crippen molar-refractivity contribution >= 4 is 6.08 Å². The summed E-state index contributed by atoms with van der Waals surface area (Å²) in [5.41, 5.74) is 0.981. The van der Waals surface area contributed by atoms with Crippen LogP contribution >= 0.6 is 0 Å². The summed E-state index contributed by atoms with van der Waals surface area (Å²) >= 11 is 0. The molecular formula is C37H40F6O2. The summed E-state index contributed by atoms with van der Waals surface area (Å²) in [5.74, 6) is -3.95. The Kier molecular flexibility index (Phi) is 11.0. The van der Waals surface area contributed by atoms with Crippen LogP contribution < -0.4 is 4.74 Å². The average Bonchev–Trinajstić information content (AvgIpc) is 3.03. The van der Waals surface area contributed by atoms with Crippen LogP contribution in [-0.2, 0) is 4.74 Å². The molecule has 0 amide bonds. The zero-order valence-electron chi connectivity index (χ0n) is 25.5. The Bertz CT molecular complexity index is 1410. The van der Waals surface area contributed by atoms with Crippen molar-refractivity contribution in [3.05, 3.63) is 95.1 Å². The topological polar surface area (TPSA) is 18.5 Å². The van der Waals surface area contributed by atoms with Gasteiger partial charge in [0.05, 0.1) is 12.7 Å². The van der Waals surface area contributed by atoms with Crippen LogP contribution in [0, 0.1) is 41.0 Å². The Morgan fingerprint density at radius 2 is 1.49 bits per heavy atom. The molecule has 1 saturated carbocycles. The highest BCUT2D eigenvalue weighted by Crippen LogP contribution is 2.41. The molecule has 5 rings (SSSR count). The lowest BCUT2D eigenvalue weighted by atomic mass is 9.72. The molecular weight excluding hydrogens is 590 g/mol. The SMILES string of the molecule is CCCCCC1CCC(C2CCC(c3ccc(/C=C/C(F)(F)Oc4ccc(-c5cc(F)c(F)c(F)c5)c(F)c4)cc3)OC2)CC1. The van der Waals surface area contributed by atoms with Gasteiger partial charge in [0.1, 0.15) is 11.6 Å². The molecule has 1 saturated heterocycles. The third kappa shape index (κ3) is 8.72. The fraction of sp³-hybridized carbons (Fsp3) is 0.459. The zero-order chi connectivity index (χ0) is 32.0. The largest absolute Gasteiger partial charge is 0.429 e. The van der Waals surface area contributed by atoms with E-state index in [9.17, 15) is 26.3 Å². The molecule has 1 heterocycles. The lowest BCUT2D eigenvalue weighted by Crippen LogP contribution is -2.29. The number of unbranched alkanes of at least 4 members (excludes halogenated alkanes) is 2. The van der Waals surface area contributed by atoms with Gasteiger partial charge in [0.25, 0.3) is 0 Å². The van der Waals surface area contributed by atoms with Crippen molar-refractivity contribution in [1.82, 2.24) is 0 Å². The van der Waals surface area contributed by atoms with E-state index in [-0.39, 0.29) is 17.2 Å². The molecule has 2 fully saturated rings. The number of hydrogen-bond donors (Lipinski definition) is 0. The van der Waals surface area contributed by atoms with Gasteiger partial charge < -0.3 is 9.47 Å². The standard InChI is InChI=1S/C37H40F6O2/c1-2-3-4-5-24-6-10-26(11-7-24)28-14-17-35(44-23-28)27-12-8-25(9-13-27)18-19-37(42,43)45-30-15-16-31(32(38)22-30)29-20-33(39)36(41)34(40)21-29/h8-9,12-13,15-16,18-22,24,26,28,35H,2-7,10-11,14,17,23H2,1H3/b19-18+. The molecule has 1 aliphatic carbocycles. The minimum absolute atomic E-state index is 0.00444. The number of rotatable bonds is 11. The quantitative estimate of drug-likeness (QED) is 0.119. The van der Waals surface area contributed by atoms with Crippen molar-refractivity contribution < 1.29 is 35.8 Å². The molecule has 0 bridgehead atoms. The van der Waals surface area contributed by atoms with E-state index >= 15 is 0 Å². The first-order valence-electron chi connectivity index (χ1n) is 16.0. The van der Waals surface area contributed by atoms with Gasteiger partial charge in [-0.3, -0.25) is 0 Å². The van der Waals surface area contributed by atoms with E-state index in [1.165, 1.54) is 57.4 Å². The van der Waals surface area contributed by atoms with Gasteiger partial charge in [-0.05, 0) is 90.5 Å². The van der Waals surface area contributed by atoms with Crippen LogP contribution in [0.3, 0.4) is 0 Å². The first-order valence-corrected chi connectivity index (χ1v) is 16.0. The molecule has 0 aromatic heterocycles. The molecule has 2 unspecified atom stereocenters. The molecule has 2 nitrogen and oxygen atoms in total. The van der Waals surface area contributed by atoms with Crippen LogP contribution in [0.25, 0.3) is 17.2 Å². The first-order chi connectivity index (χ1) is 21.6. The molecule has 8 heteroatoms. The number of alkyl halides is 2. The van der Waals surface area contributed by atoms with Crippen LogP contribution in [0.5, 0.6) is 5.75 Å². The maximum Gasteiger partial charge on any atom is 0.419 e. The van der Waals surface area contributed by atoms with Crippen molar-refractivity contribution in [1.29, 1.82) is 0 Å². The lowest BCUT2D eigenvalue weighted by Gasteiger charge is -2.38. The summed E-state index contributed by atoms with van der Waals surface area (Å²) in [6, 6.07) is 11.3. The monoisotopic (exact) mass is 630 g/mol. The zero-order valence-corrected chi connectivity index (χ0v) is 25.5. The minimum Gasteiger partial charge on any atom is -0.429 e. The summed E-state index contributed by atoms with van der Waals surface area (Å²) in [6.45, 7) is 3.02. The maximum atomic E-state index is 14.6. The summed E-state index contributed by atoms with van der Waals surface area (Å²) < 4.78 is 95.0. The molecule has 2 atom stereocenters. The Balaban J connectivity index is 1.11. The van der Waals surface area contributed by atoms with Gasteiger partial charge >= 0.3 is 6.11 Å². The van der Waals surface area contributed by atoms with Crippen molar-refractivity contribution in [3.8, 4) is 16.9 Å². The second-order valence-corrected chi connectivity index (χ2v) is 12.5. The highest BCUT2D eigenvalue weighted by molar-refractivity contribution is 5.65. The van der Waals surface area contributed by atoms with Crippen molar-refractivity contribution in [2.24, 2.45) is 17.8 Å². The number of benzene rings is 3. The molecule has 0 radical (unpaired) electrons. The maximum absolute atomic E-state index is 14.6. The third-order valence-electron chi connectivity index (χ3n) is 9.35. The van der Waals surface area contributed by atoms with Gasteiger partial charge in [0, 0.05) is 17.7 Å². The van der Waals surface area contributed by atoms with E-state index in [4.69, 9.17) is 4.74 Å². The first kappa shape index (κ1) is 33.1. The Morgan fingerprint density at radius 3 is 2.11 bits per heavy atom. The van der Waals surface area contributed by atoms with Crippen molar-refractivity contribution in [2.75, 3.05) is 6.61 Å². The number of halogens is 6. The van der Waals surface area contributed by atoms with E-state index in [0.717, 1.165) is 49.0 Å². The van der Waals surface area contributed by atoms with Gasteiger partial charge in [-0.15, -0.1) is 0 Å². The lowest BCUT2D eigenvalue weighted by molar-refractivity contribution is -0.131. The smallest absolute Gasteiger partial charge is 0.419 e. The summed E-state index contributed by atoms with van der Waals surface area (Å²) in [6.07, 6.45) is 10.8. The van der Waals surface area contributed by atoms with Crippen LogP contribution in [0.15, 0.2) is 60.7 Å². The second-order valence-electron chi connectivity index (χ2n) is 12.5. The second kappa shape index (κ2) is 14.9. The highest BCUT2D eigenvalue weighted by Gasteiger charge is 2.32. The van der Waals surface area contributed by atoms with Crippen LogP contribution in [-0.4, -0.2) is 12.7 Å². The summed E-state index contributed by atoms with van der Waals surface area (Å²) in [4.78, 5) is 0. The van der Waals surface area contributed by atoms with E-state index in [2.05, 4.69) is 11.7 Å². The minimum atomic E-state index is -3.77. The third-order valence-corrected chi connectivity index (χ3v) is 9.35. The number of ether oxygens (including phenoxy) is 2. The molecule has 0 spiro atoms. The normalized spacial score (nSPS) is 22.6. The molecule has 0 N–H and O–H groups in total. The molecule has 3 aromatic rings. The summed E-state index contributed by atoms with van der Waals surface area (Å²) in [7, 11) is 0. The Morgan fingerprint density at radius 1 is 0.800 bits per heavy atom. The van der Waals surface area contributed by atoms with Gasteiger partial charge in [0.15, 0.2) is 17.5 Å². The molecule has 2 aliphatic rings. The predicted molar refractivity (Wildman–Crippen MR) is 164 cm³/mol. The number of hydrogen-bond acceptors (Lipinski definition) is 2. The van der Waals surface area contributed by atoms with Crippen molar-refractivity contribution in [3.63, 3.8) is 0 Å². The van der Waals surface area contributed by atoms with Gasteiger partial charge in [-0.2, -0.15) is 8.78 Å². The van der Waals surface area contributed by atoms with E-state index < -0.39 is 35.1 Å². The fourth-order valence-corrected chi connectivity index (χ4v) is 6.75. The van der Waals surface area contributed by atoms with Gasteiger partial charge in [-0.25, -0.2) is 17.6 Å². The van der Waals surface area contributed by atoms with E-state index in [0.29, 0.717) is 35.8 Å². The highest BCUT2D eigenvalue weighted by atomic mass is 19.3. The molecule has 45 heavy (non-hydrogen) atoms. The molecule has 242 valence electrons. The van der Waals surface area contributed by atoms with Crippen LogP contribution in [0.4, 0.5) is 26.3 Å². The van der Waals surface area contributed by atoms with Crippen LogP contribution in [0.1, 0.15) is 88.4 Å². The van der Waals surface area contributed by atoms with Gasteiger partial charge in [0.2, 0.25) is 0 Å². The van der Waals surface area contributed by atoms with Crippen molar-refractivity contribution in [2.45, 2.75) is 83.3 Å². The van der Waals surface area contributed by atoms with Gasteiger partial charge in [-0.1, -0.05) is 69.7 Å². The Hall–Kier alpha value is -3.26. The molecule has 3 aromatic carbocycles. The average molecular weight is 631 g/mol. The summed E-state index contributed by atoms with van der Waals surface area (Å²) in [5, 5.41) is 0. The molecule has 1 aliphatic heterocycles. The van der Waals surface area contributed by atoms with Crippen LogP contribution in [0.2, 0.25) is 0 Å². The fourth-order valence-electron chi connectivity index (χ4n) is 6.75. The predicted octanol–water partition coefficient (Wildman–Crippen LogP) is 11.4.